The maximum Gasteiger partial charge on any atom is 0.251 e. The van der Waals surface area contributed by atoms with Gasteiger partial charge in [0.15, 0.2) is 5.78 Å². The first kappa shape index (κ1) is 22.2. The Morgan fingerprint density at radius 3 is 2.43 bits per heavy atom. The monoisotopic (exact) mass is 416 g/mol. The summed E-state index contributed by atoms with van der Waals surface area (Å²) in [6.07, 6.45) is 0.112. The zero-order valence-corrected chi connectivity index (χ0v) is 17.9. The van der Waals surface area contributed by atoms with E-state index < -0.39 is 12.1 Å². The van der Waals surface area contributed by atoms with Crippen LogP contribution in [-0.4, -0.2) is 68.6 Å². The molecule has 164 valence electrons. The number of carbonyl (C=O) groups excluding carboxylic acids is 3. The van der Waals surface area contributed by atoms with Gasteiger partial charge in [-0.2, -0.15) is 0 Å². The van der Waals surface area contributed by atoms with Gasteiger partial charge in [0.2, 0.25) is 5.91 Å². The summed E-state index contributed by atoms with van der Waals surface area (Å²) in [5.74, 6) is -0.604. The standard InChI is InChI=1S/C22H32N4O4/c1-14(2)12-18(22(29)25-20-15(3)30-13-19(20)27)24-21(28)16-4-6-17(7-5-16)26-10-8-23-9-11-26/h4-7,14-15,18,20,23H,8-13H2,1-3H3,(H,24,28)(H,25,29). The lowest BCUT2D eigenvalue weighted by Crippen LogP contribution is -2.53. The highest BCUT2D eigenvalue weighted by molar-refractivity contribution is 5.99. The zero-order valence-electron chi connectivity index (χ0n) is 17.9. The van der Waals surface area contributed by atoms with Gasteiger partial charge in [0.1, 0.15) is 18.7 Å². The summed E-state index contributed by atoms with van der Waals surface area (Å²) in [6, 6.07) is 6.07. The number of hydrogen-bond donors (Lipinski definition) is 3. The summed E-state index contributed by atoms with van der Waals surface area (Å²) in [4.78, 5) is 39.8. The van der Waals surface area contributed by atoms with Crippen molar-refractivity contribution in [3.8, 4) is 0 Å². The lowest BCUT2D eigenvalue weighted by molar-refractivity contribution is -0.127. The van der Waals surface area contributed by atoms with E-state index in [1.54, 1.807) is 19.1 Å². The third-order valence-corrected chi connectivity index (χ3v) is 5.54. The van der Waals surface area contributed by atoms with Gasteiger partial charge in [-0.05, 0) is 43.5 Å². The van der Waals surface area contributed by atoms with Crippen molar-refractivity contribution in [3.63, 3.8) is 0 Å². The number of nitrogens with zero attached hydrogens (tertiary/aromatic N) is 1. The molecule has 2 saturated heterocycles. The molecule has 0 aromatic heterocycles. The molecule has 0 saturated carbocycles. The minimum absolute atomic E-state index is 0.00670. The van der Waals surface area contributed by atoms with Crippen LogP contribution in [0.15, 0.2) is 24.3 Å². The number of piperazine rings is 1. The quantitative estimate of drug-likeness (QED) is 0.606. The lowest BCUT2D eigenvalue weighted by atomic mass is 10.0. The molecule has 2 amide bonds. The Labute approximate surface area is 177 Å². The third-order valence-electron chi connectivity index (χ3n) is 5.54. The summed E-state index contributed by atoms with van der Waals surface area (Å²) in [5, 5.41) is 8.91. The second-order valence-corrected chi connectivity index (χ2v) is 8.41. The Bertz CT molecular complexity index is 759. The molecule has 2 heterocycles. The molecule has 0 spiro atoms. The molecule has 3 atom stereocenters. The fraction of sp³-hybridized carbons (Fsp3) is 0.591. The Morgan fingerprint density at radius 2 is 1.87 bits per heavy atom. The van der Waals surface area contributed by atoms with E-state index in [2.05, 4.69) is 20.9 Å². The first-order valence-corrected chi connectivity index (χ1v) is 10.7. The SMILES string of the molecule is CC(C)CC(NC(=O)c1ccc(N2CCNCC2)cc1)C(=O)NC1C(=O)COC1C. The molecule has 0 aliphatic carbocycles. The van der Waals surface area contributed by atoms with Crippen LogP contribution < -0.4 is 20.9 Å². The van der Waals surface area contributed by atoms with Gasteiger partial charge >= 0.3 is 0 Å². The van der Waals surface area contributed by atoms with Gasteiger partial charge in [0.05, 0.1) is 6.10 Å². The molecule has 8 nitrogen and oxygen atoms in total. The van der Waals surface area contributed by atoms with Crippen LogP contribution in [0.4, 0.5) is 5.69 Å². The molecule has 3 N–H and O–H groups in total. The van der Waals surface area contributed by atoms with Gasteiger partial charge in [0.25, 0.3) is 5.91 Å². The molecule has 0 bridgehead atoms. The average molecular weight is 417 g/mol. The van der Waals surface area contributed by atoms with Crippen molar-refractivity contribution in [1.82, 2.24) is 16.0 Å². The second kappa shape index (κ2) is 10.0. The predicted octanol–water partition coefficient (Wildman–Crippen LogP) is 0.713. The fourth-order valence-corrected chi connectivity index (χ4v) is 3.80. The van der Waals surface area contributed by atoms with Crippen molar-refractivity contribution in [2.75, 3.05) is 37.7 Å². The van der Waals surface area contributed by atoms with Crippen molar-refractivity contribution >= 4 is 23.3 Å². The van der Waals surface area contributed by atoms with Crippen LogP contribution in [0.25, 0.3) is 0 Å². The first-order chi connectivity index (χ1) is 14.3. The van der Waals surface area contributed by atoms with Crippen molar-refractivity contribution in [2.24, 2.45) is 5.92 Å². The zero-order chi connectivity index (χ0) is 21.7. The number of hydrogen-bond acceptors (Lipinski definition) is 6. The van der Waals surface area contributed by atoms with Gasteiger partial charge in [-0.25, -0.2) is 0 Å². The van der Waals surface area contributed by atoms with E-state index in [1.807, 2.05) is 26.0 Å². The van der Waals surface area contributed by atoms with Gasteiger partial charge in [-0.1, -0.05) is 13.8 Å². The van der Waals surface area contributed by atoms with E-state index >= 15 is 0 Å². The van der Waals surface area contributed by atoms with Crippen molar-refractivity contribution in [1.29, 1.82) is 0 Å². The number of rotatable bonds is 7. The minimum atomic E-state index is -0.717. The topological polar surface area (TPSA) is 99.8 Å². The molecule has 1 aromatic carbocycles. The highest BCUT2D eigenvalue weighted by atomic mass is 16.5. The van der Waals surface area contributed by atoms with Crippen LogP contribution >= 0.6 is 0 Å². The third kappa shape index (κ3) is 5.58. The van der Waals surface area contributed by atoms with E-state index in [9.17, 15) is 14.4 Å². The van der Waals surface area contributed by atoms with Crippen LogP contribution in [0.1, 0.15) is 37.6 Å². The van der Waals surface area contributed by atoms with Gasteiger partial charge in [-0.3, -0.25) is 14.4 Å². The molecule has 3 unspecified atom stereocenters. The Kier molecular flexibility index (Phi) is 7.44. The second-order valence-electron chi connectivity index (χ2n) is 8.41. The Balaban J connectivity index is 1.64. The Morgan fingerprint density at radius 1 is 1.20 bits per heavy atom. The maximum absolute atomic E-state index is 12.8. The smallest absolute Gasteiger partial charge is 0.251 e. The van der Waals surface area contributed by atoms with Crippen molar-refractivity contribution in [2.45, 2.75) is 45.4 Å². The van der Waals surface area contributed by atoms with E-state index in [4.69, 9.17) is 4.74 Å². The van der Waals surface area contributed by atoms with Gasteiger partial charge < -0.3 is 25.6 Å². The van der Waals surface area contributed by atoms with E-state index in [0.29, 0.717) is 12.0 Å². The summed E-state index contributed by atoms with van der Waals surface area (Å²) in [7, 11) is 0. The van der Waals surface area contributed by atoms with E-state index in [0.717, 1.165) is 31.9 Å². The number of benzene rings is 1. The Hall–Kier alpha value is -2.45. The van der Waals surface area contributed by atoms with Crippen LogP contribution in [0.2, 0.25) is 0 Å². The highest BCUT2D eigenvalue weighted by Crippen LogP contribution is 2.17. The number of Topliss-reactive ketones (excluding diaryl/α,β-unsaturated/α-hetero) is 1. The number of amides is 2. The molecule has 2 fully saturated rings. The van der Waals surface area contributed by atoms with E-state index in [-0.39, 0.29) is 36.2 Å². The molecule has 0 radical (unpaired) electrons. The maximum atomic E-state index is 12.8. The molecular formula is C22H32N4O4. The first-order valence-electron chi connectivity index (χ1n) is 10.7. The predicted molar refractivity (Wildman–Crippen MR) is 115 cm³/mol. The van der Waals surface area contributed by atoms with Crippen molar-refractivity contribution in [3.05, 3.63) is 29.8 Å². The number of anilines is 1. The van der Waals surface area contributed by atoms with E-state index in [1.165, 1.54) is 0 Å². The van der Waals surface area contributed by atoms with Crippen molar-refractivity contribution < 1.29 is 19.1 Å². The van der Waals surface area contributed by atoms with Crippen LogP contribution in [-0.2, 0) is 14.3 Å². The molecular weight excluding hydrogens is 384 g/mol. The van der Waals surface area contributed by atoms with Gasteiger partial charge in [0, 0.05) is 37.4 Å². The normalized spacial score (nSPS) is 22.8. The van der Waals surface area contributed by atoms with Gasteiger partial charge in [-0.15, -0.1) is 0 Å². The minimum Gasteiger partial charge on any atom is -0.369 e. The lowest BCUT2D eigenvalue weighted by Gasteiger charge is -2.29. The number of nitrogens with one attached hydrogen (secondary N) is 3. The largest absolute Gasteiger partial charge is 0.369 e. The molecule has 2 aliphatic heterocycles. The number of carbonyl (C=O) groups is 3. The van der Waals surface area contributed by atoms with Crippen LogP contribution in [0.5, 0.6) is 0 Å². The summed E-state index contributed by atoms with van der Waals surface area (Å²) < 4.78 is 5.29. The number of ether oxygens (including phenoxy) is 1. The van der Waals surface area contributed by atoms with Crippen LogP contribution in [0, 0.1) is 5.92 Å². The molecule has 1 aromatic rings. The summed E-state index contributed by atoms with van der Waals surface area (Å²) in [5.41, 5.74) is 1.59. The summed E-state index contributed by atoms with van der Waals surface area (Å²) >= 11 is 0. The molecule has 30 heavy (non-hydrogen) atoms. The molecule has 3 rings (SSSR count). The fourth-order valence-electron chi connectivity index (χ4n) is 3.80. The number of ketones is 1. The molecule has 2 aliphatic rings. The highest BCUT2D eigenvalue weighted by Gasteiger charge is 2.35. The summed E-state index contributed by atoms with van der Waals surface area (Å²) in [6.45, 7) is 9.50. The average Bonchev–Trinajstić information content (AvgIpc) is 3.05. The van der Waals surface area contributed by atoms with Crippen LogP contribution in [0.3, 0.4) is 0 Å². The molecule has 8 heteroatoms.